The van der Waals surface area contributed by atoms with Crippen molar-refractivity contribution in [1.29, 1.82) is 0 Å². The Hall–Kier alpha value is -1.42. The fraction of sp³-hybridized carbons (Fsp3) is 0.556. The number of hydrogen-bond donors (Lipinski definition) is 1. The van der Waals surface area contributed by atoms with E-state index < -0.39 is 22.1 Å². The molecule has 0 saturated carbocycles. The highest BCUT2D eigenvalue weighted by Crippen LogP contribution is 2.23. The second-order valence-electron chi connectivity index (χ2n) is 6.87. The van der Waals surface area contributed by atoms with Gasteiger partial charge in [-0.05, 0) is 52.3 Å². The summed E-state index contributed by atoms with van der Waals surface area (Å²) in [5, 5.41) is 1.03. The molecule has 2 rings (SSSR count). The summed E-state index contributed by atoms with van der Waals surface area (Å²) in [5.41, 5.74) is 0. The molecule has 2 amide bonds. The van der Waals surface area contributed by atoms with Crippen molar-refractivity contribution in [3.8, 4) is 0 Å². The van der Waals surface area contributed by atoms with Crippen molar-refractivity contribution < 1.29 is 18.0 Å². The maximum atomic E-state index is 12.7. The van der Waals surface area contributed by atoms with E-state index in [1.165, 1.54) is 22.3 Å². The summed E-state index contributed by atoms with van der Waals surface area (Å²) in [6, 6.07) is 1.92. The molecule has 0 radical (unpaired) electrons. The van der Waals surface area contributed by atoms with Crippen molar-refractivity contribution in [3.05, 3.63) is 26.8 Å². The van der Waals surface area contributed by atoms with Crippen molar-refractivity contribution in [3.63, 3.8) is 0 Å². The quantitative estimate of drug-likeness (QED) is 0.663. The molecule has 0 aliphatic carbocycles. The van der Waals surface area contributed by atoms with Gasteiger partial charge in [0.25, 0.3) is 0 Å². The van der Waals surface area contributed by atoms with Gasteiger partial charge in [-0.25, -0.2) is 8.42 Å². The molecular weight excluding hydrogens is 422 g/mol. The Labute approximate surface area is 175 Å². The minimum Gasteiger partial charge on any atom is -0.339 e. The molecule has 0 aromatic carbocycles. The molecule has 2 atom stereocenters. The van der Waals surface area contributed by atoms with Crippen LogP contribution in [0.4, 0.5) is 0 Å². The molecular formula is C18H26ClN3O4S2. The maximum Gasteiger partial charge on any atom is 0.245 e. The minimum absolute atomic E-state index is 0.0304. The van der Waals surface area contributed by atoms with Gasteiger partial charge >= 0.3 is 0 Å². The number of halogens is 1. The largest absolute Gasteiger partial charge is 0.339 e. The SMILES string of the molecule is CCN(C(=O)[C@H](C)N1CC[C@H](NS(=O)(=O)/C=C/c2ccc(Cl)s2)C1=O)C(C)C. The van der Waals surface area contributed by atoms with Gasteiger partial charge in [0.15, 0.2) is 0 Å². The lowest BCUT2D eigenvalue weighted by Gasteiger charge is -2.32. The second kappa shape index (κ2) is 9.39. The summed E-state index contributed by atoms with van der Waals surface area (Å²) in [6.07, 6.45) is 1.76. The van der Waals surface area contributed by atoms with Gasteiger partial charge in [-0.1, -0.05) is 11.6 Å². The predicted octanol–water partition coefficient (Wildman–Crippen LogP) is 2.54. The fourth-order valence-corrected chi connectivity index (χ4v) is 5.23. The molecule has 1 aliphatic rings. The average molecular weight is 448 g/mol. The Bertz CT molecular complexity index is 851. The molecule has 1 fully saturated rings. The van der Waals surface area contributed by atoms with Crippen molar-refractivity contribution in [2.75, 3.05) is 13.1 Å². The highest BCUT2D eigenvalue weighted by molar-refractivity contribution is 7.92. The number of rotatable bonds is 8. The predicted molar refractivity (Wildman–Crippen MR) is 113 cm³/mol. The normalized spacial score (nSPS) is 19.0. The summed E-state index contributed by atoms with van der Waals surface area (Å²) >= 11 is 7.08. The lowest BCUT2D eigenvalue weighted by molar-refractivity contribution is -0.144. The topological polar surface area (TPSA) is 86.8 Å². The number of hydrogen-bond acceptors (Lipinski definition) is 5. The van der Waals surface area contributed by atoms with Gasteiger partial charge in [0.05, 0.1) is 4.34 Å². The number of carbonyl (C=O) groups is 2. The Morgan fingerprint density at radius 1 is 1.43 bits per heavy atom. The monoisotopic (exact) mass is 447 g/mol. The van der Waals surface area contributed by atoms with Gasteiger partial charge in [-0.15, -0.1) is 11.3 Å². The number of amides is 2. The van der Waals surface area contributed by atoms with Crippen molar-refractivity contribution in [2.45, 2.75) is 52.2 Å². The van der Waals surface area contributed by atoms with Crippen LogP contribution in [0.1, 0.15) is 39.0 Å². The van der Waals surface area contributed by atoms with Crippen LogP contribution in [0.25, 0.3) is 6.08 Å². The zero-order chi connectivity index (χ0) is 21.1. The molecule has 28 heavy (non-hydrogen) atoms. The summed E-state index contributed by atoms with van der Waals surface area (Å²) < 4.78 is 27.6. The molecule has 2 heterocycles. The van der Waals surface area contributed by atoms with Gasteiger partial charge in [-0.2, -0.15) is 4.72 Å². The number of thiophene rings is 1. The van der Waals surface area contributed by atoms with Crippen molar-refractivity contribution >= 4 is 50.9 Å². The first-order valence-corrected chi connectivity index (χ1v) is 11.9. The van der Waals surface area contributed by atoms with Crippen LogP contribution in [-0.4, -0.2) is 61.2 Å². The van der Waals surface area contributed by atoms with Gasteiger partial charge in [0.2, 0.25) is 21.8 Å². The molecule has 1 aromatic rings. The Balaban J connectivity index is 2.03. The Morgan fingerprint density at radius 2 is 2.11 bits per heavy atom. The maximum absolute atomic E-state index is 12.7. The summed E-state index contributed by atoms with van der Waals surface area (Å²) in [7, 11) is -3.80. The highest BCUT2D eigenvalue weighted by Gasteiger charge is 2.39. The van der Waals surface area contributed by atoms with E-state index in [1.54, 1.807) is 24.0 Å². The standard InChI is InChI=1S/C18H26ClN3O4S2/c1-5-21(12(2)3)17(23)13(4)22-10-8-15(18(22)24)20-28(25,26)11-9-14-6-7-16(19)27-14/h6-7,9,11-13,15,20H,5,8,10H2,1-4H3/b11-9+/t13-,15-/m0/s1. The number of sulfonamides is 1. The van der Waals surface area contributed by atoms with E-state index in [2.05, 4.69) is 4.72 Å². The van der Waals surface area contributed by atoms with Crippen LogP contribution in [0.15, 0.2) is 17.5 Å². The summed E-state index contributed by atoms with van der Waals surface area (Å²) in [5.74, 6) is -0.513. The smallest absolute Gasteiger partial charge is 0.245 e. The third-order valence-electron chi connectivity index (χ3n) is 4.62. The van der Waals surface area contributed by atoms with Crippen LogP contribution < -0.4 is 4.72 Å². The van der Waals surface area contributed by atoms with E-state index in [0.717, 1.165) is 5.41 Å². The third kappa shape index (κ3) is 5.56. The lowest BCUT2D eigenvalue weighted by atomic mass is 10.2. The molecule has 7 nitrogen and oxygen atoms in total. The van der Waals surface area contributed by atoms with Crippen molar-refractivity contribution in [1.82, 2.24) is 14.5 Å². The number of nitrogens with one attached hydrogen (secondary N) is 1. The second-order valence-corrected chi connectivity index (χ2v) is 10.2. The third-order valence-corrected chi connectivity index (χ3v) is 6.93. The van der Waals surface area contributed by atoms with E-state index in [9.17, 15) is 18.0 Å². The minimum atomic E-state index is -3.80. The van der Waals surface area contributed by atoms with Gasteiger partial charge in [0.1, 0.15) is 12.1 Å². The molecule has 10 heteroatoms. The first-order valence-electron chi connectivity index (χ1n) is 9.12. The van der Waals surface area contributed by atoms with Crippen LogP contribution in [0.5, 0.6) is 0 Å². The molecule has 1 aromatic heterocycles. The van der Waals surface area contributed by atoms with E-state index >= 15 is 0 Å². The molecule has 0 unspecified atom stereocenters. The zero-order valence-electron chi connectivity index (χ0n) is 16.4. The Kier molecular flexibility index (Phi) is 7.66. The van der Waals surface area contributed by atoms with Gasteiger partial charge < -0.3 is 9.80 Å². The molecule has 0 spiro atoms. The fourth-order valence-electron chi connectivity index (χ4n) is 3.16. The number of carbonyl (C=O) groups excluding carboxylic acids is 2. The molecule has 156 valence electrons. The number of likely N-dealkylation sites (N-methyl/N-ethyl adjacent to an activating group) is 1. The zero-order valence-corrected chi connectivity index (χ0v) is 18.8. The van der Waals surface area contributed by atoms with Crippen LogP contribution >= 0.6 is 22.9 Å². The van der Waals surface area contributed by atoms with E-state index in [1.807, 2.05) is 20.8 Å². The van der Waals surface area contributed by atoms with Gasteiger partial charge in [-0.3, -0.25) is 9.59 Å². The first kappa shape index (κ1) is 22.9. The van der Waals surface area contributed by atoms with Crippen LogP contribution in [0, 0.1) is 0 Å². The number of nitrogens with zero attached hydrogens (tertiary/aromatic N) is 2. The Morgan fingerprint density at radius 3 is 2.64 bits per heavy atom. The average Bonchev–Trinajstić information content (AvgIpc) is 3.19. The van der Waals surface area contributed by atoms with E-state index in [0.29, 0.717) is 28.7 Å². The van der Waals surface area contributed by atoms with Gasteiger partial charge in [0, 0.05) is 29.4 Å². The molecule has 1 aliphatic heterocycles. The highest BCUT2D eigenvalue weighted by atomic mass is 35.5. The summed E-state index contributed by atoms with van der Waals surface area (Å²) in [4.78, 5) is 29.2. The molecule has 1 saturated heterocycles. The summed E-state index contributed by atoms with van der Waals surface area (Å²) in [6.45, 7) is 8.30. The van der Waals surface area contributed by atoms with Crippen LogP contribution in [0.3, 0.4) is 0 Å². The first-order chi connectivity index (χ1) is 13.1. The van der Waals surface area contributed by atoms with Crippen LogP contribution in [0.2, 0.25) is 4.34 Å². The van der Waals surface area contributed by atoms with Crippen LogP contribution in [-0.2, 0) is 19.6 Å². The number of likely N-dealkylation sites (tertiary alicyclic amines) is 1. The van der Waals surface area contributed by atoms with E-state index in [4.69, 9.17) is 11.6 Å². The lowest BCUT2D eigenvalue weighted by Crippen LogP contribution is -2.51. The molecule has 1 N–H and O–H groups in total. The van der Waals surface area contributed by atoms with Crippen molar-refractivity contribution in [2.24, 2.45) is 0 Å². The van der Waals surface area contributed by atoms with E-state index in [-0.39, 0.29) is 17.9 Å². The molecule has 0 bridgehead atoms.